The van der Waals surface area contributed by atoms with E-state index in [-0.39, 0.29) is 29.4 Å². The Morgan fingerprint density at radius 2 is 1.97 bits per heavy atom. The van der Waals surface area contributed by atoms with Gasteiger partial charge in [-0.3, -0.25) is 14.4 Å². The molecule has 34 heavy (non-hydrogen) atoms. The van der Waals surface area contributed by atoms with Gasteiger partial charge in [0, 0.05) is 28.4 Å². The topological polar surface area (TPSA) is 127 Å². The number of amides is 3. The van der Waals surface area contributed by atoms with E-state index in [2.05, 4.69) is 27.0 Å². The summed E-state index contributed by atoms with van der Waals surface area (Å²) in [6, 6.07) is 5.22. The lowest BCUT2D eigenvalue weighted by Crippen LogP contribution is -2.51. The summed E-state index contributed by atoms with van der Waals surface area (Å²) in [5, 5.41) is 19.4. The van der Waals surface area contributed by atoms with Crippen molar-refractivity contribution in [3.63, 3.8) is 0 Å². The smallest absolute Gasteiger partial charge is 0.268 e. The fourth-order valence-electron chi connectivity index (χ4n) is 4.10. The van der Waals surface area contributed by atoms with Gasteiger partial charge in [0.2, 0.25) is 11.8 Å². The Morgan fingerprint density at radius 3 is 2.62 bits per heavy atom. The highest BCUT2D eigenvalue weighted by Crippen LogP contribution is 2.29. The standard InChI is InChI=1S/C24H29Cl2N5O3/c1-24(2,3)11-20(23(34)29-15(12-27)7-13-5-4-6-28-21(13)32)31-22(33)19-10-16-17(26)8-14(25)9-18(16)30-19/h8-10,13,15,20,30H,4-7,11H2,1-3H3,(H,28,32)(H,29,34)(H,31,33)/t13?,15-,20?/m0/s1. The predicted molar refractivity (Wildman–Crippen MR) is 132 cm³/mol. The van der Waals surface area contributed by atoms with E-state index in [1.54, 1.807) is 18.2 Å². The highest BCUT2D eigenvalue weighted by molar-refractivity contribution is 6.38. The number of hydrogen-bond acceptors (Lipinski definition) is 4. The molecular formula is C24H29Cl2N5O3. The first-order valence-electron chi connectivity index (χ1n) is 11.2. The minimum absolute atomic E-state index is 0.0992. The number of aromatic nitrogens is 1. The van der Waals surface area contributed by atoms with Crippen molar-refractivity contribution in [3.8, 4) is 6.07 Å². The van der Waals surface area contributed by atoms with Crippen LogP contribution in [0.2, 0.25) is 10.0 Å². The Morgan fingerprint density at radius 1 is 1.24 bits per heavy atom. The molecule has 1 aliphatic rings. The molecule has 1 saturated heterocycles. The third-order valence-corrected chi connectivity index (χ3v) is 6.26. The van der Waals surface area contributed by atoms with Gasteiger partial charge in [0.05, 0.1) is 11.1 Å². The second kappa shape index (κ2) is 10.7. The summed E-state index contributed by atoms with van der Waals surface area (Å²) >= 11 is 12.3. The van der Waals surface area contributed by atoms with Crippen LogP contribution in [0.4, 0.5) is 0 Å². The van der Waals surface area contributed by atoms with Gasteiger partial charge in [0.1, 0.15) is 17.8 Å². The van der Waals surface area contributed by atoms with E-state index in [4.69, 9.17) is 23.2 Å². The van der Waals surface area contributed by atoms with E-state index in [9.17, 15) is 19.6 Å². The van der Waals surface area contributed by atoms with E-state index >= 15 is 0 Å². The zero-order valence-electron chi connectivity index (χ0n) is 19.4. The largest absolute Gasteiger partial charge is 0.356 e. The highest BCUT2D eigenvalue weighted by atomic mass is 35.5. The number of fused-ring (bicyclic) bond motifs is 1. The number of aromatic amines is 1. The van der Waals surface area contributed by atoms with Gasteiger partial charge in [0.25, 0.3) is 5.91 Å². The van der Waals surface area contributed by atoms with Gasteiger partial charge in [-0.05, 0) is 49.3 Å². The van der Waals surface area contributed by atoms with Gasteiger partial charge in [-0.15, -0.1) is 0 Å². The minimum atomic E-state index is -0.881. The van der Waals surface area contributed by atoms with Crippen molar-refractivity contribution in [2.24, 2.45) is 11.3 Å². The monoisotopic (exact) mass is 505 g/mol. The molecule has 3 rings (SSSR count). The molecule has 182 valence electrons. The number of nitrogens with one attached hydrogen (secondary N) is 4. The van der Waals surface area contributed by atoms with E-state index in [1.165, 1.54) is 0 Å². The lowest BCUT2D eigenvalue weighted by molar-refractivity contribution is -0.128. The first-order valence-corrected chi connectivity index (χ1v) is 12.0. The summed E-state index contributed by atoms with van der Waals surface area (Å²) in [6.45, 7) is 6.50. The molecule has 0 spiro atoms. The van der Waals surface area contributed by atoms with Gasteiger partial charge < -0.3 is 20.9 Å². The quantitative estimate of drug-likeness (QED) is 0.454. The molecule has 1 fully saturated rings. The molecule has 3 amide bonds. The average molecular weight is 506 g/mol. The van der Waals surface area contributed by atoms with Gasteiger partial charge in [-0.25, -0.2) is 0 Å². The maximum Gasteiger partial charge on any atom is 0.268 e. The summed E-state index contributed by atoms with van der Waals surface area (Å²) in [7, 11) is 0. The normalized spacial score (nSPS) is 18.0. The average Bonchev–Trinajstić information content (AvgIpc) is 3.18. The molecule has 1 aromatic carbocycles. The number of piperidine rings is 1. The van der Waals surface area contributed by atoms with Crippen LogP contribution in [0.5, 0.6) is 0 Å². The number of benzene rings is 1. The lowest BCUT2D eigenvalue weighted by Gasteiger charge is -2.28. The van der Waals surface area contributed by atoms with Crippen molar-refractivity contribution in [2.45, 2.75) is 58.5 Å². The maximum absolute atomic E-state index is 13.1. The van der Waals surface area contributed by atoms with Gasteiger partial charge in [0.15, 0.2) is 0 Å². The molecule has 2 aromatic rings. The Bertz CT molecular complexity index is 1130. The lowest BCUT2D eigenvalue weighted by atomic mass is 9.87. The van der Waals surface area contributed by atoms with Crippen LogP contribution in [0, 0.1) is 22.7 Å². The molecule has 0 saturated carbocycles. The number of carbonyl (C=O) groups is 3. The van der Waals surface area contributed by atoms with Crippen LogP contribution in [0.1, 0.15) is 56.9 Å². The number of hydrogen-bond donors (Lipinski definition) is 4. The van der Waals surface area contributed by atoms with Crippen LogP contribution in [0.15, 0.2) is 18.2 Å². The number of rotatable bonds is 7. The van der Waals surface area contributed by atoms with Crippen molar-refractivity contribution in [1.82, 2.24) is 20.9 Å². The summed E-state index contributed by atoms with van der Waals surface area (Å²) in [5.41, 5.74) is 0.564. The Labute approximate surface area is 208 Å². The van der Waals surface area contributed by atoms with Crippen LogP contribution in [-0.2, 0) is 9.59 Å². The number of halogens is 2. The first-order chi connectivity index (χ1) is 16.0. The second-order valence-corrected chi connectivity index (χ2v) is 10.7. The van der Waals surface area contributed by atoms with Gasteiger partial charge in [-0.2, -0.15) is 5.26 Å². The Hall–Kier alpha value is -2.76. The molecule has 10 heteroatoms. The maximum atomic E-state index is 13.1. The molecule has 8 nitrogen and oxygen atoms in total. The predicted octanol–water partition coefficient (Wildman–Crippen LogP) is 3.93. The molecule has 2 heterocycles. The number of nitriles is 1. The zero-order chi connectivity index (χ0) is 25.0. The van der Waals surface area contributed by atoms with Crippen LogP contribution in [0.3, 0.4) is 0 Å². The van der Waals surface area contributed by atoms with Crippen molar-refractivity contribution >= 4 is 51.8 Å². The van der Waals surface area contributed by atoms with Crippen LogP contribution >= 0.6 is 23.2 Å². The number of carbonyl (C=O) groups excluding carboxylic acids is 3. The van der Waals surface area contributed by atoms with Crippen molar-refractivity contribution < 1.29 is 14.4 Å². The third-order valence-electron chi connectivity index (χ3n) is 5.73. The van der Waals surface area contributed by atoms with Gasteiger partial charge in [-0.1, -0.05) is 44.0 Å². The van der Waals surface area contributed by atoms with Crippen LogP contribution < -0.4 is 16.0 Å². The summed E-state index contributed by atoms with van der Waals surface area (Å²) in [6.07, 6.45) is 2.09. The third kappa shape index (κ3) is 6.64. The highest BCUT2D eigenvalue weighted by Gasteiger charge is 2.31. The molecule has 1 aromatic heterocycles. The SMILES string of the molecule is CC(C)(C)CC(NC(=O)c1cc2c(Cl)cc(Cl)cc2[nH]1)C(=O)N[C@H](C#N)CC1CCCNC1=O. The molecule has 0 aliphatic carbocycles. The van der Waals surface area contributed by atoms with Crippen molar-refractivity contribution in [1.29, 1.82) is 5.26 Å². The second-order valence-electron chi connectivity index (χ2n) is 9.88. The number of nitrogens with zero attached hydrogens (tertiary/aromatic N) is 1. The Kier molecular flexibility index (Phi) is 8.11. The van der Waals surface area contributed by atoms with Crippen LogP contribution in [0.25, 0.3) is 10.9 Å². The molecule has 4 N–H and O–H groups in total. The van der Waals surface area contributed by atoms with Crippen LogP contribution in [-0.4, -0.2) is 41.3 Å². The summed E-state index contributed by atoms with van der Waals surface area (Å²) in [4.78, 5) is 41.2. The fraction of sp³-hybridized carbons (Fsp3) is 0.500. The van der Waals surface area contributed by atoms with Crippen molar-refractivity contribution in [3.05, 3.63) is 33.9 Å². The van der Waals surface area contributed by atoms with E-state index in [0.29, 0.717) is 40.3 Å². The number of H-pyrrole nitrogens is 1. The van der Waals surface area contributed by atoms with E-state index < -0.39 is 23.9 Å². The van der Waals surface area contributed by atoms with E-state index in [1.807, 2.05) is 20.8 Å². The minimum Gasteiger partial charge on any atom is -0.356 e. The summed E-state index contributed by atoms with van der Waals surface area (Å²) < 4.78 is 0. The molecular weight excluding hydrogens is 477 g/mol. The first kappa shape index (κ1) is 25.9. The van der Waals surface area contributed by atoms with E-state index in [0.717, 1.165) is 6.42 Å². The Balaban J connectivity index is 1.74. The molecule has 0 bridgehead atoms. The summed E-state index contributed by atoms with van der Waals surface area (Å²) in [5.74, 6) is -1.37. The molecule has 3 atom stereocenters. The molecule has 0 radical (unpaired) electrons. The molecule has 1 aliphatic heterocycles. The fourth-order valence-corrected chi connectivity index (χ4v) is 4.65. The zero-order valence-corrected chi connectivity index (χ0v) is 20.9. The van der Waals surface area contributed by atoms with Gasteiger partial charge >= 0.3 is 0 Å². The molecule has 2 unspecified atom stereocenters. The van der Waals surface area contributed by atoms with Crippen molar-refractivity contribution in [2.75, 3.05) is 6.54 Å².